The van der Waals surface area contributed by atoms with Crippen molar-refractivity contribution in [3.05, 3.63) is 35.6 Å². The maximum atomic E-state index is 14.9. The number of fused-ring (bicyclic) bond motifs is 1. The monoisotopic (exact) mass is 401 g/mol. The molecule has 3 N–H and O–H groups in total. The standard InChI is InChI=1S/C20H20FN3O5/c1-20(8-29-9-20)24-13-5-4-10(19(27)22-2)6-12(13)23-18(24)11-7-14(28-3)16(25)17(26)15(11)21/h4-7,25-26H,8-9H2,1-3H3,(H,22,27). The molecule has 0 radical (unpaired) electrons. The quantitative estimate of drug-likeness (QED) is 0.580. The van der Waals surface area contributed by atoms with Gasteiger partial charge in [-0.25, -0.2) is 9.37 Å². The van der Waals surface area contributed by atoms with Gasteiger partial charge in [0.15, 0.2) is 17.3 Å². The molecule has 1 amide bonds. The van der Waals surface area contributed by atoms with Gasteiger partial charge in [0.05, 0.1) is 42.5 Å². The third-order valence-corrected chi connectivity index (χ3v) is 5.15. The van der Waals surface area contributed by atoms with Gasteiger partial charge in [0.1, 0.15) is 5.82 Å². The molecule has 29 heavy (non-hydrogen) atoms. The first-order chi connectivity index (χ1) is 13.8. The van der Waals surface area contributed by atoms with E-state index in [2.05, 4.69) is 10.3 Å². The predicted molar refractivity (Wildman–Crippen MR) is 103 cm³/mol. The molecule has 1 aliphatic rings. The van der Waals surface area contributed by atoms with Gasteiger partial charge in [-0.1, -0.05) is 0 Å². The molecule has 1 aromatic heterocycles. The van der Waals surface area contributed by atoms with Gasteiger partial charge in [-0.2, -0.15) is 0 Å². The fourth-order valence-electron chi connectivity index (χ4n) is 3.55. The highest BCUT2D eigenvalue weighted by Crippen LogP contribution is 2.44. The van der Waals surface area contributed by atoms with Crippen molar-refractivity contribution in [1.29, 1.82) is 0 Å². The van der Waals surface area contributed by atoms with Gasteiger partial charge in [0.2, 0.25) is 5.75 Å². The van der Waals surface area contributed by atoms with Crippen LogP contribution in [0.3, 0.4) is 0 Å². The first-order valence-corrected chi connectivity index (χ1v) is 8.92. The summed E-state index contributed by atoms with van der Waals surface area (Å²) in [5.74, 6) is -2.74. The number of benzene rings is 2. The summed E-state index contributed by atoms with van der Waals surface area (Å²) in [4.78, 5) is 16.6. The third kappa shape index (κ3) is 2.77. The Morgan fingerprint density at radius 2 is 2.03 bits per heavy atom. The molecular weight excluding hydrogens is 381 g/mol. The van der Waals surface area contributed by atoms with Crippen molar-refractivity contribution in [2.45, 2.75) is 12.5 Å². The van der Waals surface area contributed by atoms with Crippen LogP contribution in [0, 0.1) is 5.82 Å². The Bertz CT molecular complexity index is 1140. The number of rotatable bonds is 4. The Kier molecular flexibility index (Phi) is 4.34. The van der Waals surface area contributed by atoms with E-state index in [-0.39, 0.29) is 23.0 Å². The molecule has 152 valence electrons. The number of amides is 1. The number of ether oxygens (including phenoxy) is 2. The number of aromatic nitrogens is 2. The van der Waals surface area contributed by atoms with Crippen LogP contribution < -0.4 is 10.1 Å². The van der Waals surface area contributed by atoms with E-state index in [4.69, 9.17) is 9.47 Å². The van der Waals surface area contributed by atoms with Crippen LogP contribution in [0.4, 0.5) is 4.39 Å². The number of hydrogen-bond donors (Lipinski definition) is 3. The Balaban J connectivity index is 2.03. The number of nitrogens with zero attached hydrogens (tertiary/aromatic N) is 2. The normalized spacial score (nSPS) is 15.2. The molecule has 1 fully saturated rings. The van der Waals surface area contributed by atoms with Gasteiger partial charge >= 0.3 is 0 Å². The van der Waals surface area contributed by atoms with Crippen LogP contribution in [0.5, 0.6) is 17.2 Å². The van der Waals surface area contributed by atoms with Crippen LogP contribution in [0.1, 0.15) is 17.3 Å². The van der Waals surface area contributed by atoms with Crippen molar-refractivity contribution in [2.75, 3.05) is 27.4 Å². The number of carbonyl (C=O) groups excluding carboxylic acids is 1. The lowest BCUT2D eigenvalue weighted by molar-refractivity contribution is -0.0868. The summed E-state index contributed by atoms with van der Waals surface area (Å²) in [6, 6.07) is 6.31. The van der Waals surface area contributed by atoms with Gasteiger partial charge in [-0.05, 0) is 31.2 Å². The number of halogens is 1. The molecule has 0 aliphatic carbocycles. The highest BCUT2D eigenvalue weighted by atomic mass is 19.1. The molecule has 0 atom stereocenters. The molecule has 0 unspecified atom stereocenters. The van der Waals surface area contributed by atoms with E-state index >= 15 is 0 Å². The lowest BCUT2D eigenvalue weighted by Crippen LogP contribution is -2.49. The van der Waals surface area contributed by atoms with E-state index in [0.717, 1.165) is 0 Å². The van der Waals surface area contributed by atoms with E-state index in [1.165, 1.54) is 20.2 Å². The molecule has 0 bridgehead atoms. The summed E-state index contributed by atoms with van der Waals surface area (Å²) in [5.41, 5.74) is 1.05. The number of nitrogens with one attached hydrogen (secondary N) is 1. The zero-order valence-electron chi connectivity index (χ0n) is 16.1. The van der Waals surface area contributed by atoms with Crippen molar-refractivity contribution in [3.8, 4) is 28.6 Å². The summed E-state index contributed by atoms with van der Waals surface area (Å²) in [6.45, 7) is 2.74. The van der Waals surface area contributed by atoms with Gasteiger partial charge in [0.25, 0.3) is 5.91 Å². The van der Waals surface area contributed by atoms with Crippen molar-refractivity contribution < 1.29 is 28.9 Å². The molecule has 0 saturated carbocycles. The van der Waals surface area contributed by atoms with Crippen molar-refractivity contribution in [2.24, 2.45) is 0 Å². The smallest absolute Gasteiger partial charge is 0.251 e. The number of phenols is 2. The highest BCUT2D eigenvalue weighted by Gasteiger charge is 2.39. The second kappa shape index (κ2) is 6.63. The van der Waals surface area contributed by atoms with E-state index in [1.807, 2.05) is 11.5 Å². The number of imidazole rings is 1. The molecule has 9 heteroatoms. The minimum Gasteiger partial charge on any atom is -0.502 e. The molecule has 2 heterocycles. The number of phenolic OH excluding ortho intramolecular Hbond substituents is 2. The first-order valence-electron chi connectivity index (χ1n) is 8.92. The molecule has 3 aromatic rings. The topological polar surface area (TPSA) is 106 Å². The number of methoxy groups -OCH3 is 1. The average molecular weight is 401 g/mol. The summed E-state index contributed by atoms with van der Waals surface area (Å²) in [7, 11) is 2.83. The number of aromatic hydroxyl groups is 2. The zero-order chi connectivity index (χ0) is 20.9. The van der Waals surface area contributed by atoms with Crippen molar-refractivity contribution in [3.63, 3.8) is 0 Å². The third-order valence-electron chi connectivity index (χ3n) is 5.15. The van der Waals surface area contributed by atoms with Crippen LogP contribution in [0.2, 0.25) is 0 Å². The van der Waals surface area contributed by atoms with Crippen molar-refractivity contribution in [1.82, 2.24) is 14.9 Å². The number of carbonyl (C=O) groups is 1. The zero-order valence-corrected chi connectivity index (χ0v) is 16.1. The minimum atomic E-state index is -1.02. The van der Waals surface area contributed by atoms with Gasteiger partial charge in [-0.3, -0.25) is 4.79 Å². The molecular formula is C20H20FN3O5. The lowest BCUT2D eigenvalue weighted by atomic mass is 9.98. The molecule has 1 saturated heterocycles. The Morgan fingerprint density at radius 3 is 2.62 bits per heavy atom. The maximum Gasteiger partial charge on any atom is 0.251 e. The molecule has 8 nitrogen and oxygen atoms in total. The summed E-state index contributed by atoms with van der Waals surface area (Å²) >= 11 is 0. The summed E-state index contributed by atoms with van der Waals surface area (Å²) in [6.07, 6.45) is 0. The first kappa shape index (κ1) is 19.0. The SMILES string of the molecule is CNC(=O)c1ccc2c(c1)nc(-c1cc(OC)c(O)c(O)c1F)n2C1(C)COC1. The molecule has 4 rings (SSSR count). The van der Waals surface area contributed by atoms with Crippen LogP contribution in [-0.2, 0) is 10.3 Å². The Morgan fingerprint density at radius 1 is 1.31 bits per heavy atom. The van der Waals surface area contributed by atoms with Gasteiger partial charge in [0, 0.05) is 12.6 Å². The van der Waals surface area contributed by atoms with Gasteiger partial charge in [-0.15, -0.1) is 0 Å². The van der Waals surface area contributed by atoms with Crippen molar-refractivity contribution >= 4 is 16.9 Å². The largest absolute Gasteiger partial charge is 0.502 e. The highest BCUT2D eigenvalue weighted by molar-refractivity contribution is 5.97. The maximum absolute atomic E-state index is 14.9. The van der Waals surface area contributed by atoms with E-state index < -0.39 is 22.9 Å². The van der Waals surface area contributed by atoms with Crippen LogP contribution in [0.25, 0.3) is 22.4 Å². The fourth-order valence-corrected chi connectivity index (χ4v) is 3.55. The minimum absolute atomic E-state index is 0.0389. The van der Waals surface area contributed by atoms with Crippen LogP contribution in [0.15, 0.2) is 24.3 Å². The average Bonchev–Trinajstić information content (AvgIpc) is 3.08. The second-order valence-corrected chi connectivity index (χ2v) is 7.18. The van der Waals surface area contributed by atoms with E-state index in [9.17, 15) is 19.4 Å². The Hall–Kier alpha value is -3.33. The molecule has 0 spiro atoms. The molecule has 1 aliphatic heterocycles. The van der Waals surface area contributed by atoms with E-state index in [1.54, 1.807) is 18.2 Å². The van der Waals surface area contributed by atoms with Crippen LogP contribution in [-0.4, -0.2) is 53.0 Å². The van der Waals surface area contributed by atoms with E-state index in [0.29, 0.717) is 29.8 Å². The second-order valence-electron chi connectivity index (χ2n) is 7.18. The molecule has 2 aromatic carbocycles. The summed E-state index contributed by atoms with van der Waals surface area (Å²) in [5, 5.41) is 22.5. The Labute approximate surface area is 165 Å². The fraction of sp³-hybridized carbons (Fsp3) is 0.300. The summed E-state index contributed by atoms with van der Waals surface area (Å²) < 4.78 is 27.2. The van der Waals surface area contributed by atoms with Crippen LogP contribution >= 0.6 is 0 Å². The predicted octanol–water partition coefficient (Wildman–Crippen LogP) is 2.37. The lowest BCUT2D eigenvalue weighted by Gasteiger charge is -2.40. The number of hydrogen-bond acceptors (Lipinski definition) is 6. The van der Waals surface area contributed by atoms with Gasteiger partial charge < -0.3 is 29.6 Å².